The van der Waals surface area contributed by atoms with E-state index in [1.165, 1.54) is 6.33 Å². The first kappa shape index (κ1) is 26.6. The highest BCUT2D eigenvalue weighted by Crippen LogP contribution is 2.47. The molecular formula is C31H31N7O5. The van der Waals surface area contributed by atoms with E-state index in [1.54, 1.807) is 11.2 Å². The van der Waals surface area contributed by atoms with Gasteiger partial charge in [-0.25, -0.2) is 14.5 Å². The number of piperidine rings is 2. The van der Waals surface area contributed by atoms with Crippen molar-refractivity contribution in [1.29, 1.82) is 0 Å². The predicted molar refractivity (Wildman–Crippen MR) is 159 cm³/mol. The molecule has 0 radical (unpaired) electrons. The Balaban J connectivity index is 1.13. The van der Waals surface area contributed by atoms with E-state index >= 15 is 0 Å². The fourth-order valence-corrected chi connectivity index (χ4v) is 6.63. The smallest absolute Gasteiger partial charge is 0.324 e. The maximum atomic E-state index is 12.7. The summed E-state index contributed by atoms with van der Waals surface area (Å²) in [6, 6.07) is 13.7. The lowest BCUT2D eigenvalue weighted by Gasteiger charge is -2.49. The lowest BCUT2D eigenvalue weighted by molar-refractivity contribution is -0.138. The molecule has 12 heteroatoms. The zero-order valence-electron chi connectivity index (χ0n) is 23.7. The third-order valence-corrected chi connectivity index (χ3v) is 8.76. The van der Waals surface area contributed by atoms with Crippen molar-refractivity contribution in [2.45, 2.75) is 38.1 Å². The van der Waals surface area contributed by atoms with Gasteiger partial charge in [0.25, 0.3) is 11.7 Å². The van der Waals surface area contributed by atoms with Crippen molar-refractivity contribution in [2.75, 3.05) is 11.9 Å². The van der Waals surface area contributed by atoms with Gasteiger partial charge >= 0.3 is 5.95 Å². The zero-order chi connectivity index (χ0) is 29.8. The largest absolute Gasteiger partial charge is 0.498 e. The van der Waals surface area contributed by atoms with Gasteiger partial charge in [-0.05, 0) is 85.5 Å². The quantitative estimate of drug-likeness (QED) is 0.153. The SMILES string of the molecule is Cc1cc(Nc2ncnn3ccc(C4CC5CCC4CN5C(=O)C(O)=C(O)O)c23)ccc1Oc1ccc2c(c1)ncn2C. The summed E-state index contributed by atoms with van der Waals surface area (Å²) in [5.74, 6) is -0.691. The Labute approximate surface area is 246 Å². The molecule has 5 aromatic rings. The van der Waals surface area contributed by atoms with Crippen LogP contribution in [-0.4, -0.2) is 62.9 Å². The van der Waals surface area contributed by atoms with Crippen LogP contribution in [0.25, 0.3) is 16.6 Å². The van der Waals surface area contributed by atoms with Gasteiger partial charge in [0, 0.05) is 37.6 Å². The van der Waals surface area contributed by atoms with E-state index in [0.29, 0.717) is 24.5 Å². The number of hydrogen-bond donors (Lipinski definition) is 4. The Morgan fingerprint density at radius 3 is 2.70 bits per heavy atom. The highest BCUT2D eigenvalue weighted by molar-refractivity contribution is 5.91. The first-order valence-electron chi connectivity index (χ1n) is 14.2. The number of aliphatic hydroxyl groups excluding tert-OH is 2. The summed E-state index contributed by atoms with van der Waals surface area (Å²) in [5.41, 5.74) is 5.68. The lowest BCUT2D eigenvalue weighted by Crippen LogP contribution is -2.54. The number of ether oxygens (including phenoxy) is 1. The second-order valence-corrected chi connectivity index (χ2v) is 11.3. The first-order chi connectivity index (χ1) is 20.8. The molecule has 2 saturated heterocycles. The van der Waals surface area contributed by atoms with Gasteiger partial charge in [-0.2, -0.15) is 5.10 Å². The molecule has 1 saturated carbocycles. The van der Waals surface area contributed by atoms with Crippen molar-refractivity contribution >= 4 is 34.0 Å². The molecule has 1 amide bonds. The number of rotatable bonds is 6. The van der Waals surface area contributed by atoms with Crippen molar-refractivity contribution in [1.82, 2.24) is 29.0 Å². The number of anilines is 2. The molecule has 220 valence electrons. The Hall–Kier alpha value is -5.26. The molecule has 2 bridgehead atoms. The minimum atomic E-state index is -1.35. The monoisotopic (exact) mass is 581 g/mol. The lowest BCUT2D eigenvalue weighted by atomic mass is 9.69. The fourth-order valence-electron chi connectivity index (χ4n) is 6.63. The number of hydrogen-bond acceptors (Lipinski definition) is 9. The summed E-state index contributed by atoms with van der Waals surface area (Å²) in [5, 5.41) is 36.1. The van der Waals surface area contributed by atoms with Crippen LogP contribution in [0.15, 0.2) is 73.0 Å². The van der Waals surface area contributed by atoms with Gasteiger partial charge in [-0.3, -0.25) is 4.79 Å². The van der Waals surface area contributed by atoms with E-state index < -0.39 is 17.6 Å². The maximum Gasteiger partial charge on any atom is 0.324 e. The molecule has 3 atom stereocenters. The molecule has 3 aliphatic rings. The summed E-state index contributed by atoms with van der Waals surface area (Å²) in [6.07, 6.45) is 7.63. The molecule has 8 rings (SSSR count). The molecule has 4 N–H and O–H groups in total. The normalized spacial score (nSPS) is 19.6. The van der Waals surface area contributed by atoms with Crippen LogP contribution in [0, 0.1) is 12.8 Å². The van der Waals surface area contributed by atoms with Crippen LogP contribution in [-0.2, 0) is 11.8 Å². The van der Waals surface area contributed by atoms with Crippen LogP contribution in [0.3, 0.4) is 0 Å². The van der Waals surface area contributed by atoms with Crippen molar-refractivity contribution in [3.8, 4) is 11.5 Å². The van der Waals surface area contributed by atoms with E-state index in [1.807, 2.05) is 65.6 Å². The Bertz CT molecular complexity index is 1910. The van der Waals surface area contributed by atoms with Crippen molar-refractivity contribution in [3.05, 3.63) is 84.1 Å². The molecule has 0 spiro atoms. The van der Waals surface area contributed by atoms with E-state index in [9.17, 15) is 20.1 Å². The number of carbonyl (C=O) groups is 1. The first-order valence-corrected chi connectivity index (χ1v) is 14.2. The van der Waals surface area contributed by atoms with Crippen LogP contribution in [0.2, 0.25) is 0 Å². The summed E-state index contributed by atoms with van der Waals surface area (Å²) in [7, 11) is 1.96. The average molecular weight is 582 g/mol. The van der Waals surface area contributed by atoms with Crippen LogP contribution in [0.1, 0.15) is 36.3 Å². The van der Waals surface area contributed by atoms with Crippen LogP contribution < -0.4 is 10.1 Å². The number of aryl methyl sites for hydroxylation is 2. The molecular weight excluding hydrogens is 550 g/mol. The number of imidazole rings is 1. The second-order valence-electron chi connectivity index (χ2n) is 11.3. The second kappa shape index (κ2) is 10.2. The number of benzene rings is 2. The van der Waals surface area contributed by atoms with Gasteiger partial charge in [-0.1, -0.05) is 0 Å². The number of aromatic nitrogens is 5. The number of amides is 1. The Kier molecular flexibility index (Phi) is 6.33. The molecule has 12 nitrogen and oxygen atoms in total. The summed E-state index contributed by atoms with van der Waals surface area (Å²) in [6.45, 7) is 2.42. The molecule has 2 aliphatic heterocycles. The molecule has 3 unspecified atom stereocenters. The summed E-state index contributed by atoms with van der Waals surface area (Å²) >= 11 is 0. The van der Waals surface area contributed by atoms with Crippen molar-refractivity contribution in [3.63, 3.8) is 0 Å². The minimum absolute atomic E-state index is 0.117. The number of fused-ring (bicyclic) bond motifs is 5. The maximum absolute atomic E-state index is 12.7. The Morgan fingerprint density at radius 2 is 1.93 bits per heavy atom. The highest BCUT2D eigenvalue weighted by Gasteiger charge is 2.45. The van der Waals surface area contributed by atoms with E-state index in [0.717, 1.165) is 52.0 Å². The Morgan fingerprint density at radius 1 is 1.07 bits per heavy atom. The van der Waals surface area contributed by atoms with Gasteiger partial charge in [0.15, 0.2) is 5.82 Å². The van der Waals surface area contributed by atoms with E-state index in [-0.39, 0.29) is 17.9 Å². The predicted octanol–water partition coefficient (Wildman–Crippen LogP) is 5.40. The average Bonchev–Trinajstić information content (AvgIpc) is 3.62. The topological polar surface area (TPSA) is 150 Å². The van der Waals surface area contributed by atoms with Crippen molar-refractivity contribution in [2.24, 2.45) is 13.0 Å². The molecule has 2 aromatic carbocycles. The van der Waals surface area contributed by atoms with Gasteiger partial charge < -0.3 is 34.8 Å². The fraction of sp³-hybridized carbons (Fsp3) is 0.290. The standard InChI is InChI=1S/C31H31N7O5/c1-17-11-19(4-8-26(17)43-21-6-7-25-24(13-21)33-16-36(25)2)35-29-27-22(9-10-38(27)34-15-32-29)23-12-20-5-3-18(23)14-37(20)30(40)28(39)31(41)42/h4,6-11,13,15-16,18,20,23,39,41-42H,3,5,12,14H2,1-2H3,(H,32,34,35). The van der Waals surface area contributed by atoms with Crippen LogP contribution in [0.5, 0.6) is 11.5 Å². The number of nitrogens with one attached hydrogen (secondary N) is 1. The summed E-state index contributed by atoms with van der Waals surface area (Å²) in [4.78, 5) is 23.2. The van der Waals surface area contributed by atoms with Crippen LogP contribution >= 0.6 is 0 Å². The number of carbonyl (C=O) groups excluding carboxylic acids is 1. The van der Waals surface area contributed by atoms with Gasteiger partial charge in [0.05, 0.1) is 17.4 Å². The molecule has 5 heterocycles. The van der Waals surface area contributed by atoms with Gasteiger partial charge in [-0.15, -0.1) is 0 Å². The highest BCUT2D eigenvalue weighted by atomic mass is 16.5. The molecule has 3 aromatic heterocycles. The molecule has 3 fully saturated rings. The zero-order valence-corrected chi connectivity index (χ0v) is 23.7. The van der Waals surface area contributed by atoms with Crippen molar-refractivity contribution < 1.29 is 24.9 Å². The molecule has 43 heavy (non-hydrogen) atoms. The van der Waals surface area contributed by atoms with E-state index in [2.05, 4.69) is 26.4 Å². The van der Waals surface area contributed by atoms with Gasteiger partial charge in [0.1, 0.15) is 23.3 Å². The minimum Gasteiger partial charge on any atom is -0.498 e. The van der Waals surface area contributed by atoms with Gasteiger partial charge in [0.2, 0.25) is 0 Å². The summed E-state index contributed by atoms with van der Waals surface area (Å²) < 4.78 is 9.97. The van der Waals surface area contributed by atoms with E-state index in [4.69, 9.17) is 4.74 Å². The third kappa shape index (κ3) is 4.64. The molecule has 1 aliphatic carbocycles. The third-order valence-electron chi connectivity index (χ3n) is 8.76. The number of nitrogens with zero attached hydrogens (tertiary/aromatic N) is 6. The number of aliphatic hydroxyl groups is 3. The van der Waals surface area contributed by atoms with Crippen LogP contribution in [0.4, 0.5) is 11.5 Å².